The van der Waals surface area contributed by atoms with Crippen LogP contribution in [0.2, 0.25) is 0 Å². The highest BCUT2D eigenvalue weighted by Crippen LogP contribution is 2.26. The lowest BCUT2D eigenvalue weighted by atomic mass is 10.2. The zero-order valence-corrected chi connectivity index (χ0v) is 10.3. The van der Waals surface area contributed by atoms with E-state index in [9.17, 15) is 18.0 Å². The molecule has 7 heteroatoms. The van der Waals surface area contributed by atoms with E-state index in [1.165, 1.54) is 22.6 Å². The number of halogens is 4. The number of hydrogen-bond acceptors (Lipinski definition) is 3. The standard InChI is InChI=1S/C9H7F3INO2/c1-2-16-9(15)7-6(13)5(10)4(3-14-7)8(11)12/h3,8H,2H2,1H3. The zero-order valence-electron chi connectivity index (χ0n) is 8.14. The van der Waals surface area contributed by atoms with E-state index in [-0.39, 0.29) is 15.9 Å². The Balaban J connectivity index is 3.16. The average molecular weight is 345 g/mol. The first kappa shape index (κ1) is 13.2. The van der Waals surface area contributed by atoms with Crippen LogP contribution in [0.3, 0.4) is 0 Å². The monoisotopic (exact) mass is 345 g/mol. The molecule has 0 N–H and O–H groups in total. The first-order valence-corrected chi connectivity index (χ1v) is 5.36. The summed E-state index contributed by atoms with van der Waals surface area (Å²) in [4.78, 5) is 14.7. The van der Waals surface area contributed by atoms with Crippen LogP contribution < -0.4 is 0 Å². The average Bonchev–Trinajstić information content (AvgIpc) is 2.21. The second-order valence-electron chi connectivity index (χ2n) is 2.71. The number of ether oxygens (including phenoxy) is 1. The van der Waals surface area contributed by atoms with Crippen LogP contribution in [0, 0.1) is 9.39 Å². The lowest BCUT2D eigenvalue weighted by Crippen LogP contribution is -2.12. The summed E-state index contributed by atoms with van der Waals surface area (Å²) in [5, 5.41) is 0. The van der Waals surface area contributed by atoms with Crippen molar-refractivity contribution in [2.75, 3.05) is 6.61 Å². The Morgan fingerprint density at radius 1 is 1.62 bits per heavy atom. The summed E-state index contributed by atoms with van der Waals surface area (Å²) in [5.41, 5.74) is -1.11. The second kappa shape index (κ2) is 5.46. The van der Waals surface area contributed by atoms with Crippen LogP contribution in [0.15, 0.2) is 6.20 Å². The molecule has 0 spiro atoms. The van der Waals surface area contributed by atoms with E-state index in [0.29, 0.717) is 6.20 Å². The third kappa shape index (κ3) is 2.63. The Hall–Kier alpha value is -0.860. The van der Waals surface area contributed by atoms with Crippen molar-refractivity contribution in [1.29, 1.82) is 0 Å². The molecule has 0 aliphatic rings. The number of carbonyl (C=O) groups excluding carboxylic acids is 1. The number of alkyl halides is 2. The molecule has 1 aromatic rings. The van der Waals surface area contributed by atoms with Gasteiger partial charge in [0.05, 0.1) is 15.7 Å². The molecule has 0 amide bonds. The summed E-state index contributed by atoms with van der Waals surface area (Å²) < 4.78 is 42.3. The lowest BCUT2D eigenvalue weighted by Gasteiger charge is -2.07. The minimum Gasteiger partial charge on any atom is -0.461 e. The quantitative estimate of drug-likeness (QED) is 0.625. The molecule has 0 aliphatic heterocycles. The number of aromatic nitrogens is 1. The molecule has 0 saturated carbocycles. The largest absolute Gasteiger partial charge is 0.461 e. The van der Waals surface area contributed by atoms with Gasteiger partial charge in [-0.05, 0) is 29.5 Å². The van der Waals surface area contributed by atoms with Gasteiger partial charge in [-0.1, -0.05) is 0 Å². The van der Waals surface area contributed by atoms with E-state index in [4.69, 9.17) is 0 Å². The van der Waals surface area contributed by atoms with E-state index < -0.39 is 23.8 Å². The zero-order chi connectivity index (χ0) is 12.3. The minimum atomic E-state index is -2.96. The van der Waals surface area contributed by atoms with Crippen molar-refractivity contribution >= 4 is 28.6 Å². The molecule has 88 valence electrons. The number of carbonyl (C=O) groups is 1. The maximum absolute atomic E-state index is 13.4. The van der Waals surface area contributed by atoms with Crippen LogP contribution in [0.5, 0.6) is 0 Å². The molecule has 0 saturated heterocycles. The fraction of sp³-hybridized carbons (Fsp3) is 0.333. The topological polar surface area (TPSA) is 39.2 Å². The molecule has 3 nitrogen and oxygen atoms in total. The van der Waals surface area contributed by atoms with Crippen molar-refractivity contribution in [2.24, 2.45) is 0 Å². The van der Waals surface area contributed by atoms with E-state index in [2.05, 4.69) is 9.72 Å². The predicted molar refractivity (Wildman–Crippen MR) is 57.8 cm³/mol. The first-order chi connectivity index (χ1) is 7.49. The van der Waals surface area contributed by atoms with Gasteiger partial charge in [-0.15, -0.1) is 0 Å². The summed E-state index contributed by atoms with van der Waals surface area (Å²) in [6.45, 7) is 1.68. The molecule has 1 rings (SSSR count). The SMILES string of the molecule is CCOC(=O)c1ncc(C(F)F)c(F)c1I. The van der Waals surface area contributed by atoms with E-state index in [1.54, 1.807) is 6.92 Å². The van der Waals surface area contributed by atoms with Crippen LogP contribution in [0.25, 0.3) is 0 Å². The Morgan fingerprint density at radius 3 is 2.75 bits per heavy atom. The van der Waals surface area contributed by atoms with Gasteiger partial charge in [0, 0.05) is 6.20 Å². The maximum Gasteiger partial charge on any atom is 0.358 e. The molecular formula is C9H7F3INO2. The number of hydrogen-bond donors (Lipinski definition) is 0. The molecule has 0 unspecified atom stereocenters. The summed E-state index contributed by atoms with van der Waals surface area (Å²) in [5.74, 6) is -1.96. The fourth-order valence-electron chi connectivity index (χ4n) is 0.972. The lowest BCUT2D eigenvalue weighted by molar-refractivity contribution is 0.0516. The van der Waals surface area contributed by atoms with Crippen LogP contribution >= 0.6 is 22.6 Å². The van der Waals surface area contributed by atoms with Gasteiger partial charge in [-0.3, -0.25) is 0 Å². The number of rotatable bonds is 3. The van der Waals surface area contributed by atoms with Gasteiger partial charge in [0.2, 0.25) is 0 Å². The molecule has 1 aromatic heterocycles. The molecule has 0 aromatic carbocycles. The normalized spacial score (nSPS) is 10.6. The van der Waals surface area contributed by atoms with Crippen LogP contribution in [-0.4, -0.2) is 17.6 Å². The Labute approximate surface area is 103 Å². The molecule has 0 radical (unpaired) electrons. The molecule has 0 fully saturated rings. The van der Waals surface area contributed by atoms with Crippen molar-refractivity contribution in [2.45, 2.75) is 13.3 Å². The van der Waals surface area contributed by atoms with Crippen LogP contribution in [0.1, 0.15) is 29.4 Å². The summed E-state index contributed by atoms with van der Waals surface area (Å²) >= 11 is 1.45. The van der Waals surface area contributed by atoms with Crippen LogP contribution in [-0.2, 0) is 4.74 Å². The molecular weight excluding hydrogens is 338 g/mol. The number of nitrogens with zero attached hydrogens (tertiary/aromatic N) is 1. The van der Waals surface area contributed by atoms with Crippen molar-refractivity contribution < 1.29 is 22.7 Å². The van der Waals surface area contributed by atoms with Crippen molar-refractivity contribution in [1.82, 2.24) is 4.98 Å². The van der Waals surface area contributed by atoms with Gasteiger partial charge in [-0.25, -0.2) is 22.9 Å². The third-order valence-corrected chi connectivity index (χ3v) is 2.68. The molecule has 0 bridgehead atoms. The van der Waals surface area contributed by atoms with Gasteiger partial charge in [0.15, 0.2) is 5.69 Å². The summed E-state index contributed by atoms with van der Waals surface area (Å²) in [7, 11) is 0. The Kier molecular flexibility index (Phi) is 4.51. The van der Waals surface area contributed by atoms with Gasteiger partial charge >= 0.3 is 5.97 Å². The van der Waals surface area contributed by atoms with E-state index >= 15 is 0 Å². The molecule has 0 aliphatic carbocycles. The molecule has 1 heterocycles. The highest BCUT2D eigenvalue weighted by atomic mass is 127. The minimum absolute atomic E-state index is 0.106. The fourth-order valence-corrected chi connectivity index (χ4v) is 1.64. The summed E-state index contributed by atoms with van der Waals surface area (Å²) in [6.07, 6.45) is -2.31. The smallest absolute Gasteiger partial charge is 0.358 e. The number of esters is 1. The van der Waals surface area contributed by atoms with E-state index in [1.807, 2.05) is 0 Å². The highest BCUT2D eigenvalue weighted by Gasteiger charge is 2.22. The van der Waals surface area contributed by atoms with Crippen LogP contribution in [0.4, 0.5) is 13.2 Å². The maximum atomic E-state index is 13.4. The van der Waals surface area contributed by atoms with Gasteiger partial charge < -0.3 is 4.74 Å². The van der Waals surface area contributed by atoms with Gasteiger partial charge in [0.1, 0.15) is 5.82 Å². The molecule has 0 atom stereocenters. The second-order valence-corrected chi connectivity index (χ2v) is 3.79. The Bertz CT molecular complexity index is 412. The molecule has 16 heavy (non-hydrogen) atoms. The van der Waals surface area contributed by atoms with Gasteiger partial charge in [-0.2, -0.15) is 0 Å². The van der Waals surface area contributed by atoms with Crippen molar-refractivity contribution in [3.05, 3.63) is 26.8 Å². The Morgan fingerprint density at radius 2 is 2.25 bits per heavy atom. The predicted octanol–water partition coefficient (Wildman–Crippen LogP) is 2.94. The highest BCUT2D eigenvalue weighted by molar-refractivity contribution is 14.1. The van der Waals surface area contributed by atoms with Gasteiger partial charge in [0.25, 0.3) is 6.43 Å². The summed E-state index contributed by atoms with van der Waals surface area (Å²) in [6, 6.07) is 0. The first-order valence-electron chi connectivity index (χ1n) is 4.28. The van der Waals surface area contributed by atoms with Crippen molar-refractivity contribution in [3.8, 4) is 0 Å². The third-order valence-electron chi connectivity index (χ3n) is 1.69. The number of pyridine rings is 1. The van der Waals surface area contributed by atoms with Crippen molar-refractivity contribution in [3.63, 3.8) is 0 Å². The van der Waals surface area contributed by atoms with E-state index in [0.717, 1.165) is 0 Å².